The van der Waals surface area contributed by atoms with E-state index in [2.05, 4.69) is 9.97 Å². The Hall–Kier alpha value is -2.03. The molecule has 0 spiro atoms. The molecular formula is C24H33BClN3O4. The smallest absolute Gasteiger partial charge is 0.444 e. The van der Waals surface area contributed by atoms with Crippen LogP contribution in [0.5, 0.6) is 0 Å². The summed E-state index contributed by atoms with van der Waals surface area (Å²) in [5.41, 5.74) is 1.25. The van der Waals surface area contributed by atoms with Crippen LogP contribution in [-0.4, -0.2) is 51.4 Å². The Morgan fingerprint density at radius 1 is 1.18 bits per heavy atom. The fraction of sp³-hybridized carbons (Fsp3) is 0.583. The van der Waals surface area contributed by atoms with Gasteiger partial charge in [0.2, 0.25) is 0 Å². The first kappa shape index (κ1) is 24.1. The predicted molar refractivity (Wildman–Crippen MR) is 130 cm³/mol. The summed E-state index contributed by atoms with van der Waals surface area (Å²) in [6, 6.07) is 7.73. The van der Waals surface area contributed by atoms with E-state index in [1.54, 1.807) is 4.90 Å². The van der Waals surface area contributed by atoms with E-state index >= 15 is 0 Å². The van der Waals surface area contributed by atoms with Crippen LogP contribution in [0.3, 0.4) is 0 Å². The summed E-state index contributed by atoms with van der Waals surface area (Å²) in [5.74, 6) is 0.674. The van der Waals surface area contributed by atoms with Crippen molar-refractivity contribution in [1.29, 1.82) is 0 Å². The second-order valence-corrected chi connectivity index (χ2v) is 11.2. The lowest BCUT2D eigenvalue weighted by Crippen LogP contribution is -2.41. The van der Waals surface area contributed by atoms with Crippen LogP contribution < -0.4 is 5.46 Å². The monoisotopic (exact) mass is 473 g/mol. The molecule has 3 heterocycles. The van der Waals surface area contributed by atoms with Crippen molar-refractivity contribution in [2.75, 3.05) is 6.54 Å². The lowest BCUT2D eigenvalue weighted by atomic mass is 9.79. The van der Waals surface area contributed by atoms with E-state index in [9.17, 15) is 4.79 Å². The average Bonchev–Trinajstić information content (AvgIpc) is 3.37. The summed E-state index contributed by atoms with van der Waals surface area (Å²) in [6.45, 7) is 14.4. The van der Waals surface area contributed by atoms with Crippen molar-refractivity contribution in [3.05, 3.63) is 35.2 Å². The van der Waals surface area contributed by atoms with E-state index in [-0.39, 0.29) is 23.3 Å². The molecule has 2 aliphatic heterocycles. The van der Waals surface area contributed by atoms with E-state index in [1.165, 1.54) is 0 Å². The normalized spacial score (nSPS) is 22.1. The lowest BCUT2D eigenvalue weighted by molar-refractivity contribution is 0.00578. The third-order valence-electron chi connectivity index (χ3n) is 6.60. The number of nitrogens with zero attached hydrogens (tertiary/aromatic N) is 2. The number of carbonyl (C=O) groups excluding carboxylic acids is 1. The van der Waals surface area contributed by atoms with Gasteiger partial charge in [-0.25, -0.2) is 9.78 Å². The molecule has 4 rings (SSSR count). The summed E-state index contributed by atoms with van der Waals surface area (Å²) >= 11 is 6.51. The summed E-state index contributed by atoms with van der Waals surface area (Å²) in [4.78, 5) is 22.3. The van der Waals surface area contributed by atoms with Crippen molar-refractivity contribution in [2.24, 2.45) is 0 Å². The molecule has 1 atom stereocenters. The maximum atomic E-state index is 12.7. The Morgan fingerprint density at radius 3 is 2.36 bits per heavy atom. The molecule has 1 amide bonds. The summed E-state index contributed by atoms with van der Waals surface area (Å²) in [6.07, 6.45) is 1.37. The molecule has 2 fully saturated rings. The van der Waals surface area contributed by atoms with Crippen molar-refractivity contribution in [1.82, 2.24) is 14.9 Å². The minimum atomic E-state index is -0.547. The Morgan fingerprint density at radius 2 is 1.79 bits per heavy atom. The van der Waals surface area contributed by atoms with E-state index < -0.39 is 12.7 Å². The molecule has 7 nitrogen and oxygen atoms in total. The van der Waals surface area contributed by atoms with Gasteiger partial charge in [0.25, 0.3) is 0 Å². The van der Waals surface area contributed by atoms with Crippen molar-refractivity contribution in [3.63, 3.8) is 0 Å². The summed E-state index contributed by atoms with van der Waals surface area (Å²) in [7, 11) is -0.419. The van der Waals surface area contributed by atoms with Crippen LogP contribution in [0, 0.1) is 0 Å². The molecule has 2 saturated heterocycles. The molecule has 0 radical (unpaired) electrons. The molecule has 0 aliphatic carbocycles. The number of nitrogens with one attached hydrogen (secondary N) is 1. The molecule has 0 bridgehead atoms. The van der Waals surface area contributed by atoms with Crippen molar-refractivity contribution in [3.8, 4) is 11.3 Å². The number of carbonyl (C=O) groups is 1. The van der Waals surface area contributed by atoms with Crippen LogP contribution in [0.4, 0.5) is 4.79 Å². The number of hydrogen-bond acceptors (Lipinski definition) is 5. The highest BCUT2D eigenvalue weighted by Gasteiger charge is 2.51. The van der Waals surface area contributed by atoms with Crippen molar-refractivity contribution >= 4 is 30.3 Å². The zero-order chi connectivity index (χ0) is 24.2. The number of benzene rings is 1. The standard InChI is InChI=1S/C24H33BClN3O4/c1-22(2,3)31-21(30)29-14-8-9-17(29)20-27-18(19(26)28-20)15-10-12-16(13-11-15)25-32-23(4,5)24(6,7)33-25/h10-13,17H,8-9,14H2,1-7H3,(H,27,28). The zero-order valence-electron chi connectivity index (χ0n) is 20.5. The molecule has 1 aromatic carbocycles. The highest BCUT2D eigenvalue weighted by Crippen LogP contribution is 2.37. The molecule has 1 N–H and O–H groups in total. The average molecular weight is 474 g/mol. The van der Waals surface area contributed by atoms with Crippen LogP contribution in [0.25, 0.3) is 11.3 Å². The maximum absolute atomic E-state index is 12.7. The molecule has 1 unspecified atom stereocenters. The minimum Gasteiger partial charge on any atom is -0.444 e. The van der Waals surface area contributed by atoms with Crippen molar-refractivity contribution in [2.45, 2.75) is 84.2 Å². The Balaban J connectivity index is 1.52. The number of aromatic amines is 1. The van der Waals surface area contributed by atoms with Gasteiger partial charge in [-0.2, -0.15) is 0 Å². The van der Waals surface area contributed by atoms with E-state index in [0.29, 0.717) is 17.5 Å². The van der Waals surface area contributed by atoms with Crippen LogP contribution in [0.1, 0.15) is 73.2 Å². The van der Waals surface area contributed by atoms with Gasteiger partial charge < -0.3 is 19.0 Å². The van der Waals surface area contributed by atoms with Crippen LogP contribution >= 0.6 is 11.6 Å². The fourth-order valence-electron chi connectivity index (χ4n) is 4.09. The van der Waals surface area contributed by atoms with E-state index in [1.807, 2.05) is 72.7 Å². The van der Waals surface area contributed by atoms with Crippen LogP contribution in [0.2, 0.25) is 5.15 Å². The van der Waals surface area contributed by atoms with Crippen LogP contribution in [-0.2, 0) is 14.0 Å². The van der Waals surface area contributed by atoms with Gasteiger partial charge in [-0.05, 0) is 66.8 Å². The third-order valence-corrected chi connectivity index (χ3v) is 6.87. The molecule has 2 aliphatic rings. The number of ether oxygens (including phenoxy) is 1. The molecule has 1 aromatic heterocycles. The van der Waals surface area contributed by atoms with Gasteiger partial charge in [-0.15, -0.1) is 0 Å². The molecular weight excluding hydrogens is 441 g/mol. The molecule has 178 valence electrons. The first-order valence-electron chi connectivity index (χ1n) is 11.5. The fourth-order valence-corrected chi connectivity index (χ4v) is 4.34. The highest BCUT2D eigenvalue weighted by atomic mass is 35.5. The van der Waals surface area contributed by atoms with Gasteiger partial charge in [0.05, 0.1) is 22.9 Å². The number of amides is 1. The van der Waals surface area contributed by atoms with E-state index in [0.717, 1.165) is 29.6 Å². The summed E-state index contributed by atoms with van der Waals surface area (Å²) in [5, 5.41) is 0.379. The molecule has 33 heavy (non-hydrogen) atoms. The Bertz CT molecular complexity index is 1010. The number of H-pyrrole nitrogens is 1. The first-order valence-corrected chi connectivity index (χ1v) is 11.9. The van der Waals surface area contributed by atoms with Crippen LogP contribution in [0.15, 0.2) is 24.3 Å². The largest absolute Gasteiger partial charge is 0.494 e. The highest BCUT2D eigenvalue weighted by molar-refractivity contribution is 6.62. The minimum absolute atomic E-state index is 0.185. The first-order chi connectivity index (χ1) is 15.3. The second-order valence-electron chi connectivity index (χ2n) is 10.8. The predicted octanol–water partition coefficient (Wildman–Crippen LogP) is 5.10. The lowest BCUT2D eigenvalue weighted by Gasteiger charge is -2.32. The number of likely N-dealkylation sites (tertiary alicyclic amines) is 1. The number of hydrogen-bond donors (Lipinski definition) is 1. The number of halogens is 1. The van der Waals surface area contributed by atoms with Gasteiger partial charge in [0.15, 0.2) is 5.15 Å². The number of aromatic nitrogens is 2. The topological polar surface area (TPSA) is 76.7 Å². The molecule has 0 saturated carbocycles. The zero-order valence-corrected chi connectivity index (χ0v) is 21.2. The van der Waals surface area contributed by atoms with Gasteiger partial charge in [0.1, 0.15) is 11.4 Å². The number of rotatable bonds is 3. The molecule has 9 heteroatoms. The Labute approximate surface area is 201 Å². The second kappa shape index (κ2) is 8.33. The van der Waals surface area contributed by atoms with Gasteiger partial charge in [-0.3, -0.25) is 4.90 Å². The van der Waals surface area contributed by atoms with Gasteiger partial charge >= 0.3 is 13.2 Å². The maximum Gasteiger partial charge on any atom is 0.494 e. The Kier molecular flexibility index (Phi) is 6.08. The SMILES string of the molecule is CC(C)(C)OC(=O)N1CCCC1c1nc(Cl)c(-c2ccc(B3OC(C)(C)C(C)(C)O3)cc2)[nH]1. The molecule has 2 aromatic rings. The van der Waals surface area contributed by atoms with E-state index in [4.69, 9.17) is 25.6 Å². The third kappa shape index (κ3) is 4.79. The quantitative estimate of drug-likeness (QED) is 0.628. The van der Waals surface area contributed by atoms with Gasteiger partial charge in [0, 0.05) is 12.1 Å². The summed E-state index contributed by atoms with van der Waals surface area (Å²) < 4.78 is 17.9. The number of imidazole rings is 1. The van der Waals surface area contributed by atoms with Crippen molar-refractivity contribution < 1.29 is 18.8 Å². The van der Waals surface area contributed by atoms with Gasteiger partial charge in [-0.1, -0.05) is 35.9 Å².